The van der Waals surface area contributed by atoms with Crippen molar-refractivity contribution in [1.29, 1.82) is 0 Å². The zero-order valence-electron chi connectivity index (χ0n) is 7.44. The third-order valence-corrected chi connectivity index (χ3v) is 2.00. The highest BCUT2D eigenvalue weighted by Gasteiger charge is 2.02. The van der Waals surface area contributed by atoms with Crippen LogP contribution in [-0.2, 0) is 0 Å². The van der Waals surface area contributed by atoms with E-state index in [4.69, 9.17) is 5.73 Å². The number of halogens is 1. The van der Waals surface area contributed by atoms with E-state index in [1.54, 1.807) is 18.5 Å². The molecule has 1 aromatic heterocycles. The number of rotatable bonds is 1. The van der Waals surface area contributed by atoms with Gasteiger partial charge in [0.25, 0.3) is 0 Å². The van der Waals surface area contributed by atoms with Crippen molar-refractivity contribution in [3.05, 3.63) is 48.5 Å². The van der Waals surface area contributed by atoms with E-state index in [1.807, 2.05) is 12.1 Å². The number of anilines is 1. The minimum absolute atomic E-state index is 0.319. The van der Waals surface area contributed by atoms with Gasteiger partial charge in [-0.25, -0.2) is 4.39 Å². The number of benzene rings is 1. The second-order valence-electron chi connectivity index (χ2n) is 2.97. The second kappa shape index (κ2) is 3.46. The van der Waals surface area contributed by atoms with Crippen LogP contribution < -0.4 is 5.73 Å². The number of nitrogens with two attached hydrogens (primary N) is 1. The van der Waals surface area contributed by atoms with Crippen molar-refractivity contribution in [2.45, 2.75) is 0 Å². The van der Waals surface area contributed by atoms with Gasteiger partial charge in [-0.3, -0.25) is 4.98 Å². The van der Waals surface area contributed by atoms with Crippen molar-refractivity contribution < 1.29 is 4.39 Å². The van der Waals surface area contributed by atoms with Crippen LogP contribution in [0.2, 0.25) is 0 Å². The average molecular weight is 188 g/mol. The lowest BCUT2D eigenvalue weighted by molar-refractivity contribution is 0.628. The molecule has 2 rings (SSSR count). The molecule has 0 aliphatic carbocycles. The molecule has 0 aliphatic rings. The van der Waals surface area contributed by atoms with E-state index in [-0.39, 0.29) is 5.82 Å². The first-order chi connectivity index (χ1) is 6.77. The van der Waals surface area contributed by atoms with Gasteiger partial charge in [-0.15, -0.1) is 0 Å². The predicted molar refractivity (Wildman–Crippen MR) is 54.0 cm³/mol. The molecule has 0 amide bonds. The van der Waals surface area contributed by atoms with E-state index in [0.717, 1.165) is 11.1 Å². The molecule has 2 aromatic rings. The van der Waals surface area contributed by atoms with E-state index in [2.05, 4.69) is 4.98 Å². The lowest BCUT2D eigenvalue weighted by Gasteiger charge is -2.04. The molecule has 0 unspecified atom stereocenters. The van der Waals surface area contributed by atoms with Crippen molar-refractivity contribution in [3.63, 3.8) is 0 Å². The highest BCUT2D eigenvalue weighted by molar-refractivity contribution is 5.75. The Labute approximate surface area is 81.2 Å². The zero-order valence-corrected chi connectivity index (χ0v) is 7.44. The van der Waals surface area contributed by atoms with Gasteiger partial charge in [0, 0.05) is 23.6 Å². The third-order valence-electron chi connectivity index (χ3n) is 2.00. The summed E-state index contributed by atoms with van der Waals surface area (Å²) in [5.41, 5.74) is 7.90. The number of nitrogen functional groups attached to an aromatic ring is 1. The number of hydrogen-bond donors (Lipinski definition) is 1. The predicted octanol–water partition coefficient (Wildman–Crippen LogP) is 2.47. The maximum Gasteiger partial charge on any atom is 0.125 e. The number of hydrogen-bond acceptors (Lipinski definition) is 2. The Morgan fingerprint density at radius 2 is 1.79 bits per heavy atom. The van der Waals surface area contributed by atoms with Crippen molar-refractivity contribution in [3.8, 4) is 11.1 Å². The van der Waals surface area contributed by atoms with Crippen LogP contribution in [0.4, 0.5) is 10.1 Å². The molecule has 0 aliphatic heterocycles. The molecule has 0 saturated carbocycles. The highest BCUT2D eigenvalue weighted by atomic mass is 19.1. The molecule has 2 N–H and O–H groups in total. The molecule has 0 radical (unpaired) electrons. The molecule has 1 heterocycles. The van der Waals surface area contributed by atoms with Crippen LogP contribution in [0.5, 0.6) is 0 Å². The van der Waals surface area contributed by atoms with E-state index in [0.29, 0.717) is 5.69 Å². The Morgan fingerprint density at radius 1 is 1.07 bits per heavy atom. The first kappa shape index (κ1) is 8.69. The summed E-state index contributed by atoms with van der Waals surface area (Å²) in [6.07, 6.45) is 3.36. The van der Waals surface area contributed by atoms with Crippen LogP contribution in [-0.4, -0.2) is 4.98 Å². The van der Waals surface area contributed by atoms with Crippen LogP contribution in [0.25, 0.3) is 11.1 Å². The smallest absolute Gasteiger partial charge is 0.125 e. The molecule has 14 heavy (non-hydrogen) atoms. The Bertz CT molecular complexity index is 440. The summed E-state index contributed by atoms with van der Waals surface area (Å²) in [5.74, 6) is -0.319. The lowest BCUT2D eigenvalue weighted by Crippen LogP contribution is -1.91. The molecule has 0 spiro atoms. The van der Waals surface area contributed by atoms with Crippen molar-refractivity contribution in [1.82, 2.24) is 4.98 Å². The van der Waals surface area contributed by atoms with Gasteiger partial charge < -0.3 is 5.73 Å². The molecular formula is C11H9FN2. The number of nitrogens with zero attached hydrogens (tertiary/aromatic N) is 1. The Hall–Kier alpha value is -1.90. The molecule has 0 atom stereocenters. The topological polar surface area (TPSA) is 38.9 Å². The minimum atomic E-state index is -0.319. The van der Waals surface area contributed by atoms with Gasteiger partial charge in [-0.05, 0) is 35.9 Å². The molecule has 70 valence electrons. The fraction of sp³-hybridized carbons (Fsp3) is 0. The van der Waals surface area contributed by atoms with Gasteiger partial charge in [0.05, 0.1) is 0 Å². The van der Waals surface area contributed by atoms with E-state index < -0.39 is 0 Å². The fourth-order valence-corrected chi connectivity index (χ4v) is 1.33. The molecule has 1 aromatic carbocycles. The van der Waals surface area contributed by atoms with Crippen LogP contribution in [0.3, 0.4) is 0 Å². The zero-order chi connectivity index (χ0) is 9.97. The van der Waals surface area contributed by atoms with Gasteiger partial charge in [0.2, 0.25) is 0 Å². The maximum absolute atomic E-state index is 12.8. The van der Waals surface area contributed by atoms with Gasteiger partial charge in [-0.2, -0.15) is 0 Å². The van der Waals surface area contributed by atoms with Crippen molar-refractivity contribution >= 4 is 5.69 Å². The normalized spacial score (nSPS) is 10.1. The molecule has 3 heteroatoms. The summed E-state index contributed by atoms with van der Waals surface area (Å²) in [6, 6.07) is 8.05. The Balaban J connectivity index is 2.53. The summed E-state index contributed by atoms with van der Waals surface area (Å²) >= 11 is 0. The monoisotopic (exact) mass is 188 g/mol. The minimum Gasteiger partial charge on any atom is -0.398 e. The lowest BCUT2D eigenvalue weighted by atomic mass is 10.1. The molecule has 2 nitrogen and oxygen atoms in total. The third kappa shape index (κ3) is 1.57. The van der Waals surface area contributed by atoms with Crippen LogP contribution in [0.1, 0.15) is 0 Å². The van der Waals surface area contributed by atoms with Crippen LogP contribution >= 0.6 is 0 Å². The van der Waals surface area contributed by atoms with Gasteiger partial charge in [0.15, 0.2) is 0 Å². The molecule has 0 bridgehead atoms. The summed E-state index contributed by atoms with van der Waals surface area (Å²) in [5, 5.41) is 0. The fourth-order valence-electron chi connectivity index (χ4n) is 1.33. The van der Waals surface area contributed by atoms with Crippen LogP contribution in [0, 0.1) is 5.82 Å². The summed E-state index contributed by atoms with van der Waals surface area (Å²) in [4.78, 5) is 3.90. The highest BCUT2D eigenvalue weighted by Crippen LogP contribution is 2.25. The number of pyridine rings is 1. The average Bonchev–Trinajstić information content (AvgIpc) is 2.19. The molecule has 0 saturated heterocycles. The SMILES string of the molecule is Nc1cc(F)ccc1-c1ccncc1. The molecular weight excluding hydrogens is 179 g/mol. The van der Waals surface area contributed by atoms with Crippen LogP contribution in [0.15, 0.2) is 42.7 Å². The van der Waals surface area contributed by atoms with E-state index >= 15 is 0 Å². The van der Waals surface area contributed by atoms with Gasteiger partial charge in [-0.1, -0.05) is 0 Å². The first-order valence-corrected chi connectivity index (χ1v) is 4.23. The Kier molecular flexibility index (Phi) is 2.14. The number of aromatic nitrogens is 1. The summed E-state index contributed by atoms with van der Waals surface area (Å²) in [6.45, 7) is 0. The maximum atomic E-state index is 12.8. The quantitative estimate of drug-likeness (QED) is 0.698. The summed E-state index contributed by atoms with van der Waals surface area (Å²) in [7, 11) is 0. The van der Waals surface area contributed by atoms with E-state index in [9.17, 15) is 4.39 Å². The van der Waals surface area contributed by atoms with Crippen molar-refractivity contribution in [2.24, 2.45) is 0 Å². The molecule has 0 fully saturated rings. The summed E-state index contributed by atoms with van der Waals surface area (Å²) < 4.78 is 12.8. The largest absolute Gasteiger partial charge is 0.398 e. The Morgan fingerprint density at radius 3 is 2.43 bits per heavy atom. The van der Waals surface area contributed by atoms with Crippen molar-refractivity contribution in [2.75, 3.05) is 5.73 Å². The van der Waals surface area contributed by atoms with Gasteiger partial charge >= 0.3 is 0 Å². The standard InChI is InChI=1S/C11H9FN2/c12-9-1-2-10(11(13)7-9)8-3-5-14-6-4-8/h1-7H,13H2. The van der Waals surface area contributed by atoms with E-state index in [1.165, 1.54) is 12.1 Å². The second-order valence-corrected chi connectivity index (χ2v) is 2.97. The van der Waals surface area contributed by atoms with Gasteiger partial charge in [0.1, 0.15) is 5.82 Å². The first-order valence-electron chi connectivity index (χ1n) is 4.23.